The number of nitrogens with zero attached hydrogens (tertiary/aromatic N) is 4. The van der Waals surface area contributed by atoms with Gasteiger partial charge in [0.25, 0.3) is 5.91 Å². The molecule has 8 heteroatoms. The van der Waals surface area contributed by atoms with Crippen molar-refractivity contribution in [3.8, 4) is 0 Å². The number of likely N-dealkylation sites (tertiary alicyclic amines) is 1. The van der Waals surface area contributed by atoms with Crippen LogP contribution in [0.25, 0.3) is 0 Å². The van der Waals surface area contributed by atoms with Crippen LogP contribution in [0.4, 0.5) is 0 Å². The van der Waals surface area contributed by atoms with Gasteiger partial charge >= 0.3 is 0 Å². The summed E-state index contributed by atoms with van der Waals surface area (Å²) in [6, 6.07) is 0.582. The number of hydrogen-bond donors (Lipinski definition) is 1. The van der Waals surface area contributed by atoms with Crippen LogP contribution in [0.15, 0.2) is 12.4 Å². The second-order valence-electron chi connectivity index (χ2n) is 8.29. The van der Waals surface area contributed by atoms with Crippen molar-refractivity contribution in [3.63, 3.8) is 0 Å². The molecule has 1 saturated carbocycles. The van der Waals surface area contributed by atoms with Crippen molar-refractivity contribution in [1.29, 1.82) is 0 Å². The van der Waals surface area contributed by atoms with E-state index in [4.69, 9.17) is 4.74 Å². The second kappa shape index (κ2) is 8.61. The van der Waals surface area contributed by atoms with Crippen LogP contribution in [0.3, 0.4) is 0 Å². The van der Waals surface area contributed by atoms with Crippen LogP contribution >= 0.6 is 0 Å². The maximum atomic E-state index is 12.7. The fourth-order valence-corrected chi connectivity index (χ4v) is 4.37. The number of carbonyl (C=O) groups is 2. The molecule has 1 N–H and O–H groups in total. The zero-order valence-corrected chi connectivity index (χ0v) is 16.7. The van der Waals surface area contributed by atoms with Crippen LogP contribution in [-0.4, -0.2) is 82.6 Å². The number of ether oxygens (including phenoxy) is 1. The first-order valence-corrected chi connectivity index (χ1v) is 10.5. The lowest BCUT2D eigenvalue weighted by Gasteiger charge is -2.33. The highest BCUT2D eigenvalue weighted by Crippen LogP contribution is 2.35. The largest absolute Gasteiger partial charge is 0.378 e. The average molecular weight is 390 g/mol. The van der Waals surface area contributed by atoms with Crippen LogP contribution in [0, 0.1) is 5.92 Å². The smallest absolute Gasteiger partial charge is 0.287 e. The van der Waals surface area contributed by atoms with Gasteiger partial charge < -0.3 is 19.5 Å². The SMILES string of the molecule is Cn1ccnc1C(=O)NC[C@@H]1CC[C@H](CC(=O)N2CCOCC2)N1CC1CC1. The first-order valence-electron chi connectivity index (χ1n) is 10.5. The van der Waals surface area contributed by atoms with Gasteiger partial charge in [0, 0.05) is 64.1 Å². The molecule has 0 unspecified atom stereocenters. The molecule has 0 aromatic carbocycles. The summed E-state index contributed by atoms with van der Waals surface area (Å²) in [4.78, 5) is 33.7. The van der Waals surface area contributed by atoms with E-state index in [2.05, 4.69) is 15.2 Å². The van der Waals surface area contributed by atoms with Crippen LogP contribution in [0.5, 0.6) is 0 Å². The lowest BCUT2D eigenvalue weighted by atomic mass is 10.1. The third kappa shape index (κ3) is 4.55. The van der Waals surface area contributed by atoms with Gasteiger partial charge in [-0.15, -0.1) is 0 Å². The molecule has 28 heavy (non-hydrogen) atoms. The molecular weight excluding hydrogens is 358 g/mol. The van der Waals surface area contributed by atoms with Gasteiger partial charge in [-0.25, -0.2) is 4.98 Å². The van der Waals surface area contributed by atoms with E-state index < -0.39 is 0 Å². The van der Waals surface area contributed by atoms with E-state index in [1.165, 1.54) is 12.8 Å². The molecule has 2 aliphatic heterocycles. The van der Waals surface area contributed by atoms with Crippen LogP contribution in [0.2, 0.25) is 0 Å². The van der Waals surface area contributed by atoms with Gasteiger partial charge in [0.1, 0.15) is 0 Å². The summed E-state index contributed by atoms with van der Waals surface area (Å²) in [7, 11) is 1.82. The van der Waals surface area contributed by atoms with Gasteiger partial charge in [-0.3, -0.25) is 14.5 Å². The summed E-state index contributed by atoms with van der Waals surface area (Å²) in [6.45, 7) is 4.35. The number of carbonyl (C=O) groups excluding carboxylic acids is 2. The van der Waals surface area contributed by atoms with Crippen molar-refractivity contribution in [2.45, 2.75) is 44.2 Å². The predicted octanol–water partition coefficient (Wildman–Crippen LogP) is 0.642. The number of hydrogen-bond acceptors (Lipinski definition) is 5. The van der Waals surface area contributed by atoms with Crippen molar-refractivity contribution >= 4 is 11.8 Å². The summed E-state index contributed by atoms with van der Waals surface area (Å²) in [5, 5.41) is 3.05. The third-order valence-electron chi connectivity index (χ3n) is 6.23. The molecule has 0 bridgehead atoms. The minimum absolute atomic E-state index is 0.133. The molecule has 3 fully saturated rings. The lowest BCUT2D eigenvalue weighted by Crippen LogP contribution is -2.47. The van der Waals surface area contributed by atoms with E-state index in [1.54, 1.807) is 17.0 Å². The van der Waals surface area contributed by atoms with Crippen LogP contribution in [0.1, 0.15) is 42.7 Å². The Balaban J connectivity index is 1.34. The van der Waals surface area contributed by atoms with Crippen molar-refractivity contribution < 1.29 is 14.3 Å². The fraction of sp³-hybridized carbons (Fsp3) is 0.750. The monoisotopic (exact) mass is 389 g/mol. The second-order valence-corrected chi connectivity index (χ2v) is 8.29. The summed E-state index contributed by atoms with van der Waals surface area (Å²) in [5.41, 5.74) is 0. The molecule has 1 aromatic heterocycles. The Labute approximate surface area is 166 Å². The van der Waals surface area contributed by atoms with Crippen molar-refractivity contribution in [2.24, 2.45) is 13.0 Å². The number of morpholine rings is 1. The van der Waals surface area contributed by atoms with Crippen molar-refractivity contribution in [2.75, 3.05) is 39.4 Å². The van der Waals surface area contributed by atoms with Gasteiger partial charge in [-0.1, -0.05) is 0 Å². The van der Waals surface area contributed by atoms with E-state index in [0.717, 1.165) is 25.3 Å². The summed E-state index contributed by atoms with van der Waals surface area (Å²) < 4.78 is 7.09. The Kier molecular flexibility index (Phi) is 5.96. The Hall–Kier alpha value is -1.93. The zero-order valence-electron chi connectivity index (χ0n) is 16.7. The Morgan fingerprint density at radius 1 is 1.18 bits per heavy atom. The van der Waals surface area contributed by atoms with Crippen LogP contribution in [-0.2, 0) is 16.6 Å². The molecule has 4 rings (SSSR count). The highest BCUT2D eigenvalue weighted by atomic mass is 16.5. The van der Waals surface area contributed by atoms with Gasteiger partial charge in [0.2, 0.25) is 5.91 Å². The molecule has 1 aliphatic carbocycles. The molecule has 0 radical (unpaired) electrons. The van der Waals surface area contributed by atoms with Gasteiger partial charge in [-0.05, 0) is 31.6 Å². The molecule has 3 aliphatic rings. The number of aromatic nitrogens is 2. The van der Waals surface area contributed by atoms with E-state index in [0.29, 0.717) is 51.1 Å². The Morgan fingerprint density at radius 2 is 1.93 bits per heavy atom. The Bertz CT molecular complexity index is 696. The average Bonchev–Trinajstić information content (AvgIpc) is 3.31. The molecule has 3 heterocycles. The van der Waals surface area contributed by atoms with Crippen molar-refractivity contribution in [1.82, 2.24) is 24.7 Å². The highest BCUT2D eigenvalue weighted by molar-refractivity contribution is 5.90. The Morgan fingerprint density at radius 3 is 2.61 bits per heavy atom. The summed E-state index contributed by atoms with van der Waals surface area (Å²) in [5.74, 6) is 1.30. The quantitative estimate of drug-likeness (QED) is 0.740. The molecule has 1 aromatic rings. The number of amides is 2. The highest BCUT2D eigenvalue weighted by Gasteiger charge is 2.38. The predicted molar refractivity (Wildman–Crippen MR) is 104 cm³/mol. The molecule has 2 amide bonds. The maximum Gasteiger partial charge on any atom is 0.287 e. The van der Waals surface area contributed by atoms with E-state index >= 15 is 0 Å². The molecule has 8 nitrogen and oxygen atoms in total. The standard InChI is InChI=1S/C20H31N5O3/c1-23-7-6-21-19(23)20(27)22-13-17-5-4-16(25(17)14-15-2-3-15)12-18(26)24-8-10-28-11-9-24/h6-7,15-17H,2-5,8-14H2,1H3,(H,22,27)/t16-,17+/m1/s1. The van der Waals surface area contributed by atoms with Crippen molar-refractivity contribution in [3.05, 3.63) is 18.2 Å². The van der Waals surface area contributed by atoms with Crippen LogP contribution < -0.4 is 5.32 Å². The van der Waals surface area contributed by atoms with Gasteiger partial charge in [0.15, 0.2) is 5.82 Å². The molecule has 2 atom stereocenters. The first kappa shape index (κ1) is 19.4. The fourth-order valence-electron chi connectivity index (χ4n) is 4.37. The molecule has 2 saturated heterocycles. The summed E-state index contributed by atoms with van der Waals surface area (Å²) in [6.07, 6.45) is 8.60. The first-order chi connectivity index (χ1) is 13.6. The zero-order chi connectivity index (χ0) is 19.5. The molecule has 154 valence electrons. The van der Waals surface area contributed by atoms with Gasteiger partial charge in [-0.2, -0.15) is 0 Å². The third-order valence-corrected chi connectivity index (χ3v) is 6.23. The molecular formula is C20H31N5O3. The van der Waals surface area contributed by atoms with E-state index in [1.807, 2.05) is 11.9 Å². The minimum atomic E-state index is -0.133. The normalized spacial score (nSPS) is 25.8. The topological polar surface area (TPSA) is 79.7 Å². The number of aryl methyl sites for hydroxylation is 1. The van der Waals surface area contributed by atoms with E-state index in [-0.39, 0.29) is 17.9 Å². The lowest BCUT2D eigenvalue weighted by molar-refractivity contribution is -0.136. The molecule has 0 spiro atoms. The number of imidazole rings is 1. The summed E-state index contributed by atoms with van der Waals surface area (Å²) >= 11 is 0. The van der Waals surface area contributed by atoms with Gasteiger partial charge in [0.05, 0.1) is 13.2 Å². The van der Waals surface area contributed by atoms with E-state index in [9.17, 15) is 9.59 Å². The minimum Gasteiger partial charge on any atom is -0.378 e. The number of rotatable bonds is 7. The maximum absolute atomic E-state index is 12.7. The number of nitrogens with one attached hydrogen (secondary N) is 1.